The van der Waals surface area contributed by atoms with Crippen LogP contribution in [0.15, 0.2) is 42.5 Å². The van der Waals surface area contributed by atoms with Crippen molar-refractivity contribution in [2.45, 2.75) is 24.9 Å². The molecule has 2 heterocycles. The van der Waals surface area contributed by atoms with E-state index in [0.717, 1.165) is 15.7 Å². The lowest BCUT2D eigenvalue weighted by Gasteiger charge is -2.29. The van der Waals surface area contributed by atoms with Crippen LogP contribution in [0.1, 0.15) is 23.2 Å². The largest absolute Gasteiger partial charge is 0.418 e. The van der Waals surface area contributed by atoms with Gasteiger partial charge in [-0.05, 0) is 35.7 Å². The van der Waals surface area contributed by atoms with Crippen LogP contribution in [0.25, 0.3) is 10.8 Å². The van der Waals surface area contributed by atoms with Gasteiger partial charge in [0.1, 0.15) is 6.04 Å². The summed E-state index contributed by atoms with van der Waals surface area (Å²) in [5.41, 5.74) is 4.98. The minimum Gasteiger partial charge on any atom is -0.309 e. The summed E-state index contributed by atoms with van der Waals surface area (Å²) in [4.78, 5) is 38.4. The fourth-order valence-corrected chi connectivity index (χ4v) is 4.10. The van der Waals surface area contributed by atoms with Crippen molar-refractivity contribution in [1.82, 2.24) is 20.8 Å². The number of urea groups is 1. The van der Waals surface area contributed by atoms with Gasteiger partial charge in [-0.2, -0.15) is 13.5 Å². The number of carbonyl (C=O) groups is 3. The number of rotatable bonds is 4. The molecule has 158 valence electrons. The van der Waals surface area contributed by atoms with Crippen LogP contribution in [-0.2, 0) is 19.5 Å². The maximum absolute atomic E-state index is 12.5. The Kier molecular flexibility index (Phi) is 5.05. The molecule has 2 aromatic rings. The second-order valence-corrected chi connectivity index (χ2v) is 8.02. The third-order valence-electron chi connectivity index (χ3n) is 5.11. The van der Waals surface area contributed by atoms with E-state index in [1.165, 1.54) is 0 Å². The molecule has 0 spiro atoms. The second-order valence-electron chi connectivity index (χ2n) is 7.02. The average Bonchev–Trinajstić information content (AvgIpc) is 2.95. The molecule has 2 bridgehead atoms. The van der Waals surface area contributed by atoms with Gasteiger partial charge in [-0.15, -0.1) is 4.28 Å². The van der Waals surface area contributed by atoms with Crippen LogP contribution in [0.3, 0.4) is 0 Å². The van der Waals surface area contributed by atoms with E-state index in [0.29, 0.717) is 10.6 Å². The fraction of sp³-hybridized carbons (Fsp3) is 0.278. The number of hydrogen-bond acceptors (Lipinski definition) is 6. The Morgan fingerprint density at radius 3 is 2.53 bits per heavy atom. The Morgan fingerprint density at radius 2 is 1.80 bits per heavy atom. The van der Waals surface area contributed by atoms with Crippen LogP contribution in [0.2, 0.25) is 0 Å². The Hall–Kier alpha value is -3.22. The standard InChI is InChI=1S/C18H18N4O7S/c23-16(13-6-5-11-3-1-2-4-12(11)9-13)19-20-17(24)15-8-7-14-10-21(15)18(25)22(14)29-30(26,27)28/h1-6,9,14-15H,7-8,10H2,(H,19,23)(H,20,24)(H,26,27,28)/t14-,15+/m1/s1. The van der Waals surface area contributed by atoms with Gasteiger partial charge in [0.2, 0.25) is 0 Å². The molecule has 4 amide bonds. The van der Waals surface area contributed by atoms with Crippen molar-refractivity contribution >= 4 is 39.0 Å². The van der Waals surface area contributed by atoms with Crippen LogP contribution in [-0.4, -0.2) is 59.4 Å². The van der Waals surface area contributed by atoms with Gasteiger partial charge in [-0.3, -0.25) is 25.0 Å². The summed E-state index contributed by atoms with van der Waals surface area (Å²) in [7, 11) is -4.86. The summed E-state index contributed by atoms with van der Waals surface area (Å²) in [5, 5.41) is 2.39. The number of hydrazine groups is 1. The molecule has 30 heavy (non-hydrogen) atoms. The highest BCUT2D eigenvalue weighted by molar-refractivity contribution is 7.80. The van der Waals surface area contributed by atoms with Gasteiger partial charge >= 0.3 is 16.4 Å². The molecular formula is C18H18N4O7S. The Labute approximate surface area is 171 Å². The maximum atomic E-state index is 12.5. The highest BCUT2D eigenvalue weighted by atomic mass is 32.3. The van der Waals surface area contributed by atoms with E-state index in [4.69, 9.17) is 4.55 Å². The van der Waals surface area contributed by atoms with Crippen LogP contribution in [0.4, 0.5) is 4.79 Å². The van der Waals surface area contributed by atoms with E-state index in [9.17, 15) is 22.8 Å². The van der Waals surface area contributed by atoms with Crippen molar-refractivity contribution < 1.29 is 31.6 Å². The molecule has 2 atom stereocenters. The summed E-state index contributed by atoms with van der Waals surface area (Å²) < 4.78 is 35.0. The first-order valence-electron chi connectivity index (χ1n) is 9.09. The molecule has 11 nitrogen and oxygen atoms in total. The summed E-state index contributed by atoms with van der Waals surface area (Å²) in [6, 6.07) is 10.3. The molecule has 2 aliphatic heterocycles. The second kappa shape index (κ2) is 7.55. The van der Waals surface area contributed by atoms with E-state index in [1.54, 1.807) is 18.2 Å². The monoisotopic (exact) mass is 434 g/mol. The molecule has 2 fully saturated rings. The molecule has 0 radical (unpaired) electrons. The van der Waals surface area contributed by atoms with E-state index >= 15 is 0 Å². The Morgan fingerprint density at radius 1 is 1.07 bits per heavy atom. The summed E-state index contributed by atoms with van der Waals surface area (Å²) >= 11 is 0. The summed E-state index contributed by atoms with van der Waals surface area (Å²) in [6.45, 7) is 0.0606. The number of fused-ring (bicyclic) bond motifs is 3. The highest BCUT2D eigenvalue weighted by Crippen LogP contribution is 2.30. The van der Waals surface area contributed by atoms with Crippen molar-refractivity contribution in [3.63, 3.8) is 0 Å². The van der Waals surface area contributed by atoms with Gasteiger partial charge in [0.15, 0.2) is 0 Å². The molecule has 0 aliphatic carbocycles. The minimum atomic E-state index is -4.86. The third kappa shape index (κ3) is 3.92. The van der Waals surface area contributed by atoms with E-state index in [1.807, 2.05) is 24.3 Å². The van der Waals surface area contributed by atoms with Gasteiger partial charge in [0, 0.05) is 12.1 Å². The number of nitrogens with one attached hydrogen (secondary N) is 2. The van der Waals surface area contributed by atoms with Crippen LogP contribution in [0.5, 0.6) is 0 Å². The molecule has 2 saturated heterocycles. The molecule has 0 saturated carbocycles. The lowest BCUT2D eigenvalue weighted by molar-refractivity contribution is -0.126. The zero-order valence-electron chi connectivity index (χ0n) is 15.5. The van der Waals surface area contributed by atoms with Gasteiger partial charge in [-0.25, -0.2) is 4.79 Å². The molecule has 4 rings (SSSR count). The van der Waals surface area contributed by atoms with Gasteiger partial charge in [0.25, 0.3) is 11.8 Å². The normalized spacial score (nSPS) is 21.0. The Bertz CT molecular complexity index is 1140. The van der Waals surface area contributed by atoms with E-state index in [2.05, 4.69) is 15.1 Å². The quantitative estimate of drug-likeness (QED) is 0.472. The zero-order valence-corrected chi connectivity index (χ0v) is 16.3. The molecule has 0 aromatic heterocycles. The topological polar surface area (TPSA) is 145 Å². The van der Waals surface area contributed by atoms with Crippen molar-refractivity contribution in [2.24, 2.45) is 0 Å². The maximum Gasteiger partial charge on any atom is 0.418 e. The lowest BCUT2D eigenvalue weighted by atomic mass is 10.0. The van der Waals surface area contributed by atoms with Crippen molar-refractivity contribution in [3.8, 4) is 0 Å². The first-order valence-corrected chi connectivity index (χ1v) is 10.5. The molecular weight excluding hydrogens is 416 g/mol. The van der Waals surface area contributed by atoms with Crippen molar-refractivity contribution in [3.05, 3.63) is 48.0 Å². The van der Waals surface area contributed by atoms with Gasteiger partial charge in [0.05, 0.1) is 6.04 Å². The van der Waals surface area contributed by atoms with E-state index in [-0.39, 0.29) is 19.4 Å². The molecule has 12 heteroatoms. The molecule has 3 N–H and O–H groups in total. The SMILES string of the molecule is O=C(NNC(=O)[C@@H]1CC[C@@H]2CN1C(=O)N2OS(=O)(=O)O)c1ccc2ccccc2c1. The predicted octanol–water partition coefficient (Wildman–Crippen LogP) is 0.604. The molecule has 2 aliphatic rings. The number of benzene rings is 2. The average molecular weight is 434 g/mol. The predicted molar refractivity (Wildman–Crippen MR) is 103 cm³/mol. The molecule has 0 unspecified atom stereocenters. The van der Waals surface area contributed by atoms with Crippen molar-refractivity contribution in [1.29, 1.82) is 0 Å². The third-order valence-corrected chi connectivity index (χ3v) is 5.46. The lowest BCUT2D eigenvalue weighted by Crippen LogP contribution is -2.54. The summed E-state index contributed by atoms with van der Waals surface area (Å²) in [5.74, 6) is -1.14. The minimum absolute atomic E-state index is 0.0606. The van der Waals surface area contributed by atoms with Gasteiger partial charge < -0.3 is 4.90 Å². The molecule has 2 aromatic carbocycles. The summed E-state index contributed by atoms with van der Waals surface area (Å²) in [6.07, 6.45) is 0.522. The number of amides is 4. The Balaban J connectivity index is 1.39. The van der Waals surface area contributed by atoms with Crippen molar-refractivity contribution in [2.75, 3.05) is 6.54 Å². The van der Waals surface area contributed by atoms with Crippen LogP contribution in [0, 0.1) is 0 Å². The number of piperidine rings is 1. The smallest absolute Gasteiger partial charge is 0.309 e. The van der Waals surface area contributed by atoms with E-state index < -0.39 is 40.3 Å². The zero-order chi connectivity index (χ0) is 21.5. The number of carbonyl (C=O) groups excluding carboxylic acids is 3. The van der Waals surface area contributed by atoms with Crippen LogP contribution >= 0.6 is 0 Å². The number of nitrogens with zero attached hydrogens (tertiary/aromatic N) is 2. The fourth-order valence-electron chi connectivity index (χ4n) is 3.71. The van der Waals surface area contributed by atoms with Gasteiger partial charge in [-0.1, -0.05) is 30.3 Å². The first kappa shape index (κ1) is 20.1. The highest BCUT2D eigenvalue weighted by Gasteiger charge is 2.49. The van der Waals surface area contributed by atoms with Crippen LogP contribution < -0.4 is 10.9 Å². The number of hydrogen-bond donors (Lipinski definition) is 3. The number of hydroxylamine groups is 2. The first-order chi connectivity index (χ1) is 14.2.